The van der Waals surface area contributed by atoms with Crippen LogP contribution in [0.15, 0.2) is 42.6 Å². The minimum atomic E-state index is -4.50. The second-order valence-electron chi connectivity index (χ2n) is 4.52. The van der Waals surface area contributed by atoms with E-state index in [4.69, 9.17) is 0 Å². The molecule has 0 aliphatic rings. The van der Waals surface area contributed by atoms with E-state index in [-0.39, 0.29) is 16.7 Å². The molecular weight excluding hydrogens is 281 g/mol. The van der Waals surface area contributed by atoms with Crippen LogP contribution < -0.4 is 0 Å². The number of fused-ring (bicyclic) bond motifs is 1. The number of carbonyl (C=O) groups excluding carboxylic acids is 1. The predicted octanol–water partition coefficient (Wildman–Crippen LogP) is 4.06. The molecule has 6 heteroatoms. The zero-order chi connectivity index (χ0) is 15.0. The van der Waals surface area contributed by atoms with Crippen molar-refractivity contribution in [2.24, 2.45) is 0 Å². The van der Waals surface area contributed by atoms with E-state index >= 15 is 0 Å². The van der Waals surface area contributed by atoms with E-state index < -0.39 is 11.7 Å². The van der Waals surface area contributed by atoms with Gasteiger partial charge in [-0.2, -0.15) is 18.3 Å². The number of aromatic nitrogens is 2. The number of benzene rings is 2. The zero-order valence-corrected chi connectivity index (χ0v) is 10.6. The van der Waals surface area contributed by atoms with Gasteiger partial charge in [-0.25, -0.2) is 0 Å². The lowest BCUT2D eigenvalue weighted by Crippen LogP contribution is -2.07. The maximum Gasteiger partial charge on any atom is 0.417 e. The Kier molecular flexibility index (Phi) is 3.01. The monoisotopic (exact) mass is 290 g/mol. The highest BCUT2D eigenvalue weighted by Crippen LogP contribution is 2.40. The molecule has 0 spiro atoms. The number of carbonyl (C=O) groups is 1. The molecule has 0 bridgehead atoms. The molecule has 0 fully saturated rings. The van der Waals surface area contributed by atoms with Crippen LogP contribution in [0.3, 0.4) is 0 Å². The van der Waals surface area contributed by atoms with Crippen LogP contribution in [0, 0.1) is 0 Å². The first-order valence-corrected chi connectivity index (χ1v) is 6.10. The van der Waals surface area contributed by atoms with Crippen molar-refractivity contribution in [3.05, 3.63) is 53.7 Å². The third-order valence-electron chi connectivity index (χ3n) is 3.29. The van der Waals surface area contributed by atoms with Crippen LogP contribution in [0.25, 0.3) is 22.0 Å². The van der Waals surface area contributed by atoms with Crippen molar-refractivity contribution in [1.82, 2.24) is 10.2 Å². The molecule has 0 saturated heterocycles. The molecule has 1 N–H and O–H groups in total. The Morgan fingerprint density at radius 3 is 2.57 bits per heavy atom. The van der Waals surface area contributed by atoms with E-state index in [9.17, 15) is 18.0 Å². The summed E-state index contributed by atoms with van der Waals surface area (Å²) in [5, 5.41) is 7.01. The van der Waals surface area contributed by atoms with Gasteiger partial charge in [0.15, 0.2) is 6.29 Å². The molecule has 0 atom stereocenters. The fourth-order valence-corrected chi connectivity index (χ4v) is 2.38. The van der Waals surface area contributed by atoms with Gasteiger partial charge >= 0.3 is 6.18 Å². The van der Waals surface area contributed by atoms with Crippen LogP contribution in [0.1, 0.15) is 15.9 Å². The van der Waals surface area contributed by atoms with Crippen molar-refractivity contribution in [1.29, 1.82) is 0 Å². The summed E-state index contributed by atoms with van der Waals surface area (Å²) in [4.78, 5) is 11.2. The molecule has 3 rings (SSSR count). The number of nitrogens with zero attached hydrogens (tertiary/aromatic N) is 1. The SMILES string of the molecule is O=Cc1ccc2[nH]ncc2c1-c1ccccc1C(F)(F)F. The molecule has 0 unspecified atom stereocenters. The van der Waals surface area contributed by atoms with Gasteiger partial charge in [0.1, 0.15) is 0 Å². The lowest BCUT2D eigenvalue weighted by atomic mass is 9.93. The van der Waals surface area contributed by atoms with Crippen LogP contribution in [0.5, 0.6) is 0 Å². The minimum absolute atomic E-state index is 0.0286. The summed E-state index contributed by atoms with van der Waals surface area (Å²) in [6, 6.07) is 8.29. The largest absolute Gasteiger partial charge is 0.417 e. The van der Waals surface area contributed by atoms with Crippen molar-refractivity contribution in [2.45, 2.75) is 6.18 Å². The molecule has 0 saturated carbocycles. The first kappa shape index (κ1) is 13.4. The summed E-state index contributed by atoms with van der Waals surface area (Å²) in [6.45, 7) is 0. The maximum atomic E-state index is 13.2. The zero-order valence-electron chi connectivity index (χ0n) is 10.6. The van der Waals surface area contributed by atoms with Crippen molar-refractivity contribution < 1.29 is 18.0 Å². The van der Waals surface area contributed by atoms with E-state index in [1.54, 1.807) is 6.07 Å². The van der Waals surface area contributed by atoms with E-state index in [1.807, 2.05) is 0 Å². The molecule has 0 radical (unpaired) electrons. The second-order valence-corrected chi connectivity index (χ2v) is 4.52. The molecule has 1 heterocycles. The molecule has 1 aromatic heterocycles. The molecule has 0 aliphatic carbocycles. The molecular formula is C15H9F3N2O. The summed E-state index contributed by atoms with van der Waals surface area (Å²) in [5.41, 5.74) is 0.207. The quantitative estimate of drug-likeness (QED) is 0.723. The first-order valence-electron chi connectivity index (χ1n) is 6.10. The molecule has 106 valence electrons. The standard InChI is InChI=1S/C15H9F3N2O/c16-15(17,18)12-4-2-1-3-10(12)14-9(8-21)5-6-13-11(14)7-19-20-13/h1-8H,(H,19,20). The molecule has 3 aromatic rings. The number of hydrogen-bond acceptors (Lipinski definition) is 2. The second kappa shape index (κ2) is 4.73. The van der Waals surface area contributed by atoms with Crippen molar-refractivity contribution in [3.8, 4) is 11.1 Å². The van der Waals surface area contributed by atoms with Gasteiger partial charge in [0, 0.05) is 16.5 Å². The Labute approximate surface area is 117 Å². The van der Waals surface area contributed by atoms with Crippen LogP contribution in [0.4, 0.5) is 13.2 Å². The van der Waals surface area contributed by atoms with Crippen molar-refractivity contribution in [2.75, 3.05) is 0 Å². The summed E-state index contributed by atoms with van der Waals surface area (Å²) in [6.07, 6.45) is -2.53. The summed E-state index contributed by atoms with van der Waals surface area (Å²) in [7, 11) is 0. The van der Waals surface area contributed by atoms with Gasteiger partial charge in [0.2, 0.25) is 0 Å². The highest BCUT2D eigenvalue weighted by Gasteiger charge is 2.34. The van der Waals surface area contributed by atoms with Gasteiger partial charge in [-0.1, -0.05) is 18.2 Å². The minimum Gasteiger partial charge on any atom is -0.298 e. The normalized spacial score (nSPS) is 11.8. The van der Waals surface area contributed by atoms with Crippen molar-refractivity contribution >= 4 is 17.2 Å². The highest BCUT2D eigenvalue weighted by molar-refractivity contribution is 6.03. The van der Waals surface area contributed by atoms with Gasteiger partial charge in [0.05, 0.1) is 17.3 Å². The van der Waals surface area contributed by atoms with E-state index in [2.05, 4.69) is 10.2 Å². The van der Waals surface area contributed by atoms with Crippen LogP contribution in [-0.4, -0.2) is 16.5 Å². The van der Waals surface area contributed by atoms with Gasteiger partial charge < -0.3 is 0 Å². The predicted molar refractivity (Wildman–Crippen MR) is 71.9 cm³/mol. The molecule has 21 heavy (non-hydrogen) atoms. The van der Waals surface area contributed by atoms with E-state index in [0.717, 1.165) is 6.07 Å². The molecule has 2 aromatic carbocycles. The summed E-state index contributed by atoms with van der Waals surface area (Å²) < 4.78 is 39.6. The smallest absolute Gasteiger partial charge is 0.298 e. The van der Waals surface area contributed by atoms with Gasteiger partial charge in [0.25, 0.3) is 0 Å². The number of aromatic amines is 1. The Morgan fingerprint density at radius 2 is 1.86 bits per heavy atom. The van der Waals surface area contributed by atoms with Gasteiger partial charge in [-0.05, 0) is 23.8 Å². The maximum absolute atomic E-state index is 13.2. The molecule has 3 nitrogen and oxygen atoms in total. The van der Waals surface area contributed by atoms with E-state index in [0.29, 0.717) is 17.2 Å². The topological polar surface area (TPSA) is 45.8 Å². The number of rotatable bonds is 2. The number of hydrogen-bond donors (Lipinski definition) is 1. The number of halogens is 3. The lowest BCUT2D eigenvalue weighted by molar-refractivity contribution is -0.137. The Hall–Kier alpha value is -2.63. The third kappa shape index (κ3) is 2.18. The third-order valence-corrected chi connectivity index (χ3v) is 3.29. The Balaban J connectivity index is 2.40. The number of alkyl halides is 3. The first-order chi connectivity index (χ1) is 10.0. The molecule has 0 amide bonds. The number of aldehydes is 1. The summed E-state index contributed by atoms with van der Waals surface area (Å²) in [5.74, 6) is 0. The lowest BCUT2D eigenvalue weighted by Gasteiger charge is -2.14. The van der Waals surface area contributed by atoms with Gasteiger partial charge in [-0.3, -0.25) is 9.89 Å². The average molecular weight is 290 g/mol. The number of H-pyrrole nitrogens is 1. The van der Waals surface area contributed by atoms with E-state index in [1.165, 1.54) is 30.5 Å². The van der Waals surface area contributed by atoms with Crippen molar-refractivity contribution in [3.63, 3.8) is 0 Å². The van der Waals surface area contributed by atoms with Crippen LogP contribution in [0.2, 0.25) is 0 Å². The van der Waals surface area contributed by atoms with Gasteiger partial charge in [-0.15, -0.1) is 0 Å². The Bertz CT molecular complexity index is 821. The highest BCUT2D eigenvalue weighted by atomic mass is 19.4. The van der Waals surface area contributed by atoms with Crippen LogP contribution in [-0.2, 0) is 6.18 Å². The Morgan fingerprint density at radius 1 is 1.10 bits per heavy atom. The fourth-order valence-electron chi connectivity index (χ4n) is 2.38. The summed E-state index contributed by atoms with van der Waals surface area (Å²) >= 11 is 0. The van der Waals surface area contributed by atoms with Crippen LogP contribution >= 0.6 is 0 Å². The number of nitrogens with one attached hydrogen (secondary N) is 1. The fraction of sp³-hybridized carbons (Fsp3) is 0.0667. The average Bonchev–Trinajstić information content (AvgIpc) is 2.93. The molecule has 0 aliphatic heterocycles.